The molecule has 0 fully saturated rings. The molecule has 0 bridgehead atoms. The number of anilines is 1. The van der Waals surface area contributed by atoms with E-state index in [9.17, 15) is 18.4 Å². The molecule has 1 aromatic carbocycles. The summed E-state index contributed by atoms with van der Waals surface area (Å²) in [5.41, 5.74) is 0.563. The van der Waals surface area contributed by atoms with Crippen molar-refractivity contribution < 1.29 is 23.1 Å². The second kappa shape index (κ2) is 5.47. The van der Waals surface area contributed by atoms with Crippen LogP contribution in [0.3, 0.4) is 0 Å². The Hall–Kier alpha value is -3.09. The minimum atomic E-state index is -1.18. The number of hydrogen-bond donors (Lipinski definition) is 0. The molecule has 4 rings (SSSR count). The van der Waals surface area contributed by atoms with Crippen molar-refractivity contribution in [3.05, 3.63) is 59.3 Å². The van der Waals surface area contributed by atoms with Gasteiger partial charge in [-0.3, -0.25) is 4.79 Å². The van der Waals surface area contributed by atoms with Gasteiger partial charge in [-0.15, -0.1) is 0 Å². The number of benzene rings is 1. The van der Waals surface area contributed by atoms with Crippen molar-refractivity contribution in [2.24, 2.45) is 4.99 Å². The van der Waals surface area contributed by atoms with Crippen LogP contribution < -0.4 is 4.90 Å². The van der Waals surface area contributed by atoms with E-state index in [4.69, 9.17) is 4.74 Å². The van der Waals surface area contributed by atoms with Gasteiger partial charge in [-0.2, -0.15) is 0 Å². The Morgan fingerprint density at radius 1 is 1.32 bits per heavy atom. The average molecular weight is 342 g/mol. The van der Waals surface area contributed by atoms with Crippen LogP contribution in [-0.2, 0) is 14.3 Å². The third-order valence-corrected chi connectivity index (χ3v) is 4.22. The highest BCUT2D eigenvalue weighted by molar-refractivity contribution is 6.30. The van der Waals surface area contributed by atoms with Gasteiger partial charge in [-0.05, 0) is 25.1 Å². The van der Waals surface area contributed by atoms with Crippen molar-refractivity contribution >= 4 is 28.8 Å². The zero-order valence-corrected chi connectivity index (χ0v) is 13.1. The van der Waals surface area contributed by atoms with Crippen molar-refractivity contribution in [1.82, 2.24) is 0 Å². The van der Waals surface area contributed by atoms with Crippen LogP contribution in [0.15, 0.2) is 64.3 Å². The number of para-hydroxylation sites is 2. The van der Waals surface area contributed by atoms with Gasteiger partial charge in [0.05, 0.1) is 18.0 Å². The molecule has 1 aromatic rings. The smallest absolute Gasteiger partial charge is 0.343 e. The quantitative estimate of drug-likeness (QED) is 0.612. The summed E-state index contributed by atoms with van der Waals surface area (Å²) in [6.45, 7) is 1.71. The minimum Gasteiger partial charge on any atom is -0.462 e. The van der Waals surface area contributed by atoms with E-state index in [0.717, 1.165) is 6.08 Å². The molecule has 0 aromatic heterocycles. The third-order valence-electron chi connectivity index (χ3n) is 4.22. The van der Waals surface area contributed by atoms with E-state index in [1.165, 1.54) is 6.20 Å². The second-order valence-electron chi connectivity index (χ2n) is 5.65. The molecular formula is C18H12F2N2O3. The lowest BCUT2D eigenvalue weighted by Gasteiger charge is -2.40. The summed E-state index contributed by atoms with van der Waals surface area (Å²) in [6.07, 6.45) is 2.15. The summed E-state index contributed by atoms with van der Waals surface area (Å²) >= 11 is 0. The van der Waals surface area contributed by atoms with Crippen LogP contribution in [0.5, 0.6) is 0 Å². The molecule has 2 heterocycles. The maximum Gasteiger partial charge on any atom is 0.343 e. The Bertz CT molecular complexity index is 943. The lowest BCUT2D eigenvalue weighted by molar-refractivity contribution is -0.139. The fraction of sp³-hybridized carbons (Fsp3) is 0.167. The van der Waals surface area contributed by atoms with Gasteiger partial charge in [0.1, 0.15) is 17.3 Å². The number of fused-ring (bicyclic) bond motifs is 2. The molecule has 1 atom stereocenters. The predicted octanol–water partition coefficient (Wildman–Crippen LogP) is 3.07. The molecule has 0 spiro atoms. The molecule has 3 aliphatic rings. The van der Waals surface area contributed by atoms with E-state index < -0.39 is 29.4 Å². The fourth-order valence-electron chi connectivity index (χ4n) is 3.15. The summed E-state index contributed by atoms with van der Waals surface area (Å²) in [5.74, 6) is -3.77. The van der Waals surface area contributed by atoms with Crippen molar-refractivity contribution in [1.29, 1.82) is 0 Å². The molecule has 0 amide bonds. The van der Waals surface area contributed by atoms with Gasteiger partial charge in [-0.1, -0.05) is 12.1 Å². The summed E-state index contributed by atoms with van der Waals surface area (Å²) in [7, 11) is 0. The highest BCUT2D eigenvalue weighted by atomic mass is 19.2. The second-order valence-corrected chi connectivity index (χ2v) is 5.65. The number of ketones is 1. The van der Waals surface area contributed by atoms with E-state index in [1.54, 1.807) is 36.1 Å². The van der Waals surface area contributed by atoms with Gasteiger partial charge in [0.15, 0.2) is 17.4 Å². The number of ether oxygens (including phenoxy) is 1. The van der Waals surface area contributed by atoms with Crippen LogP contribution in [0.1, 0.15) is 6.92 Å². The Morgan fingerprint density at radius 2 is 2.08 bits per heavy atom. The molecule has 2 aliphatic heterocycles. The SMILES string of the molecule is CCOC(=O)C1=CN2c3ccccc3N=C3C(F)=C(F)C=C(C1=O)C32. The molecule has 25 heavy (non-hydrogen) atoms. The number of allylic oxidation sites excluding steroid dienone is 2. The number of aliphatic imine (C=N–C) groups is 1. The van der Waals surface area contributed by atoms with Crippen molar-refractivity contribution in [2.75, 3.05) is 11.5 Å². The number of hydrogen-bond acceptors (Lipinski definition) is 5. The minimum absolute atomic E-state index is 0.0438. The number of nitrogens with zero attached hydrogens (tertiary/aromatic N) is 2. The van der Waals surface area contributed by atoms with Crippen molar-refractivity contribution in [3.63, 3.8) is 0 Å². The molecule has 7 heteroatoms. The molecule has 0 saturated carbocycles. The monoisotopic (exact) mass is 342 g/mol. The first-order chi connectivity index (χ1) is 12.0. The van der Waals surface area contributed by atoms with Gasteiger partial charge in [-0.25, -0.2) is 18.6 Å². The van der Waals surface area contributed by atoms with E-state index in [-0.39, 0.29) is 23.5 Å². The molecule has 1 aliphatic carbocycles. The van der Waals surface area contributed by atoms with Gasteiger partial charge in [0.2, 0.25) is 0 Å². The number of halogens is 2. The molecule has 0 N–H and O–H groups in total. The summed E-state index contributed by atoms with van der Waals surface area (Å²) in [5, 5.41) is 0. The maximum atomic E-state index is 14.3. The lowest BCUT2D eigenvalue weighted by atomic mass is 9.84. The zero-order chi connectivity index (χ0) is 17.7. The number of rotatable bonds is 2. The Balaban J connectivity index is 1.97. The number of carbonyl (C=O) groups is 2. The highest BCUT2D eigenvalue weighted by Gasteiger charge is 2.45. The van der Waals surface area contributed by atoms with E-state index in [2.05, 4.69) is 4.99 Å². The molecule has 126 valence electrons. The van der Waals surface area contributed by atoms with Gasteiger partial charge < -0.3 is 9.64 Å². The zero-order valence-electron chi connectivity index (χ0n) is 13.1. The number of Topliss-reactive ketones (excluding diaryl/α,β-unsaturated/α-hetero) is 1. The van der Waals surface area contributed by atoms with Crippen LogP contribution in [0.2, 0.25) is 0 Å². The Kier molecular flexibility index (Phi) is 3.38. The summed E-state index contributed by atoms with van der Waals surface area (Å²) in [6, 6.07) is 5.95. The van der Waals surface area contributed by atoms with Crippen LogP contribution in [0, 0.1) is 0 Å². The van der Waals surface area contributed by atoms with E-state index in [1.807, 2.05) is 0 Å². The van der Waals surface area contributed by atoms with Crippen LogP contribution in [0.25, 0.3) is 0 Å². The van der Waals surface area contributed by atoms with Gasteiger partial charge in [0, 0.05) is 11.8 Å². The van der Waals surface area contributed by atoms with Crippen molar-refractivity contribution in [2.45, 2.75) is 13.0 Å². The highest BCUT2D eigenvalue weighted by Crippen LogP contribution is 2.43. The molecule has 5 nitrogen and oxygen atoms in total. The van der Waals surface area contributed by atoms with Crippen LogP contribution in [0.4, 0.5) is 20.2 Å². The fourth-order valence-corrected chi connectivity index (χ4v) is 3.15. The molecular weight excluding hydrogens is 330 g/mol. The van der Waals surface area contributed by atoms with Gasteiger partial charge in [0.25, 0.3) is 0 Å². The summed E-state index contributed by atoms with van der Waals surface area (Å²) < 4.78 is 33.2. The Labute approximate surface area is 141 Å². The van der Waals surface area contributed by atoms with E-state index >= 15 is 0 Å². The standard InChI is InChI=1S/C18H12F2N2O3/c1-2-25-18(24)10-8-22-13-6-4-3-5-12(13)21-15-14(20)11(19)7-9(16(15)22)17(10)23/h3-8,16H,2H2,1H3. The largest absolute Gasteiger partial charge is 0.462 e. The molecule has 1 unspecified atom stereocenters. The first kappa shape index (κ1) is 15.4. The average Bonchev–Trinajstić information content (AvgIpc) is 2.61. The topological polar surface area (TPSA) is 59.0 Å². The first-order valence-corrected chi connectivity index (χ1v) is 7.69. The predicted molar refractivity (Wildman–Crippen MR) is 86.9 cm³/mol. The normalized spacial score (nSPS) is 21.1. The van der Waals surface area contributed by atoms with Crippen LogP contribution in [-0.4, -0.2) is 30.1 Å². The number of carbonyl (C=O) groups excluding carboxylic acids is 2. The van der Waals surface area contributed by atoms with Gasteiger partial charge >= 0.3 is 5.97 Å². The van der Waals surface area contributed by atoms with Crippen molar-refractivity contribution in [3.8, 4) is 0 Å². The maximum absolute atomic E-state index is 14.3. The van der Waals surface area contributed by atoms with Crippen LogP contribution >= 0.6 is 0 Å². The first-order valence-electron chi connectivity index (χ1n) is 7.69. The van der Waals surface area contributed by atoms with E-state index in [0.29, 0.717) is 11.4 Å². The Morgan fingerprint density at radius 3 is 2.84 bits per heavy atom. The number of esters is 1. The lowest BCUT2D eigenvalue weighted by Crippen LogP contribution is -2.49. The third kappa shape index (κ3) is 2.15. The molecule has 0 saturated heterocycles. The summed E-state index contributed by atoms with van der Waals surface area (Å²) in [4.78, 5) is 30.5. The molecule has 0 radical (unpaired) electrons.